The Hall–Kier alpha value is -3.51. The van der Waals surface area contributed by atoms with Crippen molar-refractivity contribution in [3.63, 3.8) is 0 Å². The van der Waals surface area contributed by atoms with Gasteiger partial charge in [-0.25, -0.2) is 4.90 Å². The van der Waals surface area contributed by atoms with E-state index in [2.05, 4.69) is 0 Å². The normalized spacial score (nSPS) is 26.8. The predicted octanol–water partition coefficient (Wildman–Crippen LogP) is 4.96. The van der Waals surface area contributed by atoms with Crippen LogP contribution < -0.4 is 4.90 Å². The number of halogens is 1. The number of hydrogen-bond donors (Lipinski definition) is 0. The van der Waals surface area contributed by atoms with E-state index in [9.17, 15) is 19.7 Å². The zero-order valence-electron chi connectivity index (χ0n) is 17.9. The van der Waals surface area contributed by atoms with Crippen LogP contribution in [0.3, 0.4) is 0 Å². The first-order chi connectivity index (χ1) is 15.8. The van der Waals surface area contributed by atoms with Gasteiger partial charge in [0.25, 0.3) is 5.69 Å². The fraction of sp³-hybridized carbons (Fsp3) is 0.231. The lowest BCUT2D eigenvalue weighted by Gasteiger charge is -2.50. The minimum Gasteiger partial charge on any atom is -0.274 e. The first-order valence-electron chi connectivity index (χ1n) is 10.8. The molecular weight excluding hydrogens is 440 g/mol. The van der Waals surface area contributed by atoms with Gasteiger partial charge < -0.3 is 0 Å². The summed E-state index contributed by atoms with van der Waals surface area (Å²) in [4.78, 5) is 38.9. The van der Waals surface area contributed by atoms with E-state index >= 15 is 0 Å². The Morgan fingerprint density at radius 2 is 1.45 bits per heavy atom. The fourth-order valence-corrected chi connectivity index (χ4v) is 6.60. The largest absolute Gasteiger partial charge is 0.293 e. The summed E-state index contributed by atoms with van der Waals surface area (Å²) in [5, 5.41) is 11.9. The van der Waals surface area contributed by atoms with Crippen molar-refractivity contribution >= 4 is 34.8 Å². The highest BCUT2D eigenvalue weighted by Gasteiger charge is 2.68. The lowest BCUT2D eigenvalue weighted by molar-refractivity contribution is -0.384. The molecule has 3 aliphatic carbocycles. The molecule has 164 valence electrons. The van der Waals surface area contributed by atoms with Crippen LogP contribution in [0.25, 0.3) is 0 Å². The first-order valence-corrected chi connectivity index (χ1v) is 11.2. The van der Waals surface area contributed by atoms with Crippen molar-refractivity contribution in [2.24, 2.45) is 11.8 Å². The van der Waals surface area contributed by atoms with E-state index in [0.29, 0.717) is 0 Å². The van der Waals surface area contributed by atoms with Crippen LogP contribution in [0.15, 0.2) is 60.7 Å². The maximum atomic E-state index is 13.9. The highest BCUT2D eigenvalue weighted by atomic mass is 35.5. The van der Waals surface area contributed by atoms with Gasteiger partial charge in [-0.1, -0.05) is 48.5 Å². The minimum atomic E-state index is -1.22. The molecule has 4 aliphatic rings. The molecule has 33 heavy (non-hydrogen) atoms. The van der Waals surface area contributed by atoms with Crippen LogP contribution in [-0.4, -0.2) is 16.7 Å². The zero-order valence-corrected chi connectivity index (χ0v) is 18.7. The van der Waals surface area contributed by atoms with Gasteiger partial charge in [-0.3, -0.25) is 19.7 Å². The first kappa shape index (κ1) is 20.1. The monoisotopic (exact) mass is 458 g/mol. The molecule has 6 nitrogen and oxygen atoms in total. The number of imide groups is 1. The van der Waals surface area contributed by atoms with Crippen molar-refractivity contribution in [2.75, 3.05) is 4.90 Å². The Balaban J connectivity index is 1.61. The highest BCUT2D eigenvalue weighted by Crippen LogP contribution is 2.66. The zero-order chi connectivity index (χ0) is 23.2. The molecule has 7 heteroatoms. The fourth-order valence-electron chi connectivity index (χ4n) is 6.03. The van der Waals surface area contributed by atoms with E-state index in [4.69, 9.17) is 11.6 Å². The number of anilines is 1. The number of aryl methyl sites for hydroxylation is 2. The molecule has 1 saturated heterocycles. The third-order valence-corrected chi connectivity index (χ3v) is 8.19. The molecule has 1 heterocycles. The lowest BCUT2D eigenvalue weighted by atomic mass is 9.54. The molecule has 0 saturated carbocycles. The van der Waals surface area contributed by atoms with Crippen molar-refractivity contribution < 1.29 is 14.5 Å². The summed E-state index contributed by atoms with van der Waals surface area (Å²) in [5.74, 6) is -2.82. The summed E-state index contributed by atoms with van der Waals surface area (Å²) in [6.45, 7) is 3.57. The Kier molecular flexibility index (Phi) is 3.97. The molecule has 0 radical (unpaired) electrons. The minimum absolute atomic E-state index is 0.0141. The third kappa shape index (κ3) is 2.34. The molecule has 0 unspecified atom stereocenters. The number of rotatable bonds is 2. The van der Waals surface area contributed by atoms with Crippen molar-refractivity contribution in [1.82, 2.24) is 0 Å². The molecule has 0 spiro atoms. The van der Waals surface area contributed by atoms with E-state index in [0.717, 1.165) is 38.3 Å². The number of carbonyl (C=O) groups is 2. The summed E-state index contributed by atoms with van der Waals surface area (Å²) in [6.07, 6.45) is 0. The number of benzene rings is 3. The van der Waals surface area contributed by atoms with Crippen LogP contribution in [0.5, 0.6) is 0 Å². The molecule has 0 N–H and O–H groups in total. The molecule has 2 bridgehead atoms. The van der Waals surface area contributed by atoms with Gasteiger partial charge in [0.1, 0.15) is 10.6 Å². The molecule has 2 amide bonds. The van der Waals surface area contributed by atoms with Crippen LogP contribution in [-0.2, 0) is 14.5 Å². The van der Waals surface area contributed by atoms with E-state index in [1.165, 1.54) is 6.07 Å². The SMILES string of the molecule is Cc1cc(N2C(=O)[C@H]3C4c5ccccc5C(Cl)(c5ccccc54)[C@H]3C2=O)c([N+](=O)[O-])cc1C. The second-order valence-electron chi connectivity index (χ2n) is 9.06. The summed E-state index contributed by atoms with van der Waals surface area (Å²) in [6, 6.07) is 18.3. The Labute approximate surface area is 194 Å². The molecule has 2 atom stereocenters. The number of carbonyl (C=O) groups excluding carboxylic acids is 2. The topological polar surface area (TPSA) is 80.5 Å². The summed E-state index contributed by atoms with van der Waals surface area (Å²) < 4.78 is 0. The Morgan fingerprint density at radius 1 is 0.909 bits per heavy atom. The second kappa shape index (κ2) is 6.51. The van der Waals surface area contributed by atoms with Gasteiger partial charge in [-0.15, -0.1) is 11.6 Å². The van der Waals surface area contributed by atoms with E-state index in [-0.39, 0.29) is 17.3 Å². The third-order valence-electron chi connectivity index (χ3n) is 7.54. The van der Waals surface area contributed by atoms with Gasteiger partial charge in [-0.05, 0) is 53.3 Å². The molecule has 7 rings (SSSR count). The van der Waals surface area contributed by atoms with Crippen LogP contribution in [0.1, 0.15) is 39.3 Å². The number of nitro groups is 1. The molecule has 3 aromatic carbocycles. The van der Waals surface area contributed by atoms with Gasteiger partial charge in [0.15, 0.2) is 0 Å². The van der Waals surface area contributed by atoms with Gasteiger partial charge in [0.05, 0.1) is 16.8 Å². The van der Waals surface area contributed by atoms with Crippen molar-refractivity contribution in [1.29, 1.82) is 0 Å². The maximum Gasteiger partial charge on any atom is 0.293 e. The molecule has 1 aliphatic heterocycles. The van der Waals surface area contributed by atoms with Gasteiger partial charge in [0.2, 0.25) is 11.8 Å². The van der Waals surface area contributed by atoms with Crippen LogP contribution in [0, 0.1) is 35.8 Å². The summed E-state index contributed by atoms with van der Waals surface area (Å²) >= 11 is 7.40. The van der Waals surface area contributed by atoms with E-state index < -0.39 is 33.4 Å². The highest BCUT2D eigenvalue weighted by molar-refractivity contribution is 6.33. The van der Waals surface area contributed by atoms with Gasteiger partial charge in [-0.2, -0.15) is 0 Å². The number of alkyl halides is 1. The van der Waals surface area contributed by atoms with Crippen LogP contribution >= 0.6 is 11.6 Å². The van der Waals surface area contributed by atoms with Crippen molar-refractivity contribution in [3.05, 3.63) is 104 Å². The van der Waals surface area contributed by atoms with Gasteiger partial charge >= 0.3 is 0 Å². The average Bonchev–Trinajstić information content (AvgIpc) is 3.07. The van der Waals surface area contributed by atoms with Gasteiger partial charge in [0, 0.05) is 12.0 Å². The van der Waals surface area contributed by atoms with E-state index in [1.54, 1.807) is 19.9 Å². The number of hydrogen-bond acceptors (Lipinski definition) is 4. The van der Waals surface area contributed by atoms with E-state index in [1.807, 2.05) is 48.5 Å². The number of amides is 2. The van der Waals surface area contributed by atoms with Crippen LogP contribution in [0.4, 0.5) is 11.4 Å². The maximum absolute atomic E-state index is 13.9. The van der Waals surface area contributed by atoms with Crippen molar-refractivity contribution in [3.8, 4) is 0 Å². The summed E-state index contributed by atoms with van der Waals surface area (Å²) in [7, 11) is 0. The molecule has 0 aromatic heterocycles. The molecule has 3 aromatic rings. The molecular formula is C26H19ClN2O4. The standard InChI is InChI=1S/C26H19ClN2O4/c1-13-11-19(20(29(32)33)12-14(13)2)28-24(30)22-21-15-7-3-5-9-17(15)26(27,23(22)25(28)31)18-10-6-4-8-16(18)21/h3-12,21-23H,1-2H3/t21?,22-,23+,26?/m0/s1. The Morgan fingerprint density at radius 3 is 2.03 bits per heavy atom. The molecule has 1 fully saturated rings. The average molecular weight is 459 g/mol. The Bertz CT molecular complexity index is 1370. The number of nitro benzene ring substituents is 1. The van der Waals surface area contributed by atoms with Crippen molar-refractivity contribution in [2.45, 2.75) is 24.6 Å². The summed E-state index contributed by atoms with van der Waals surface area (Å²) in [5.41, 5.74) is 4.76. The lowest BCUT2D eigenvalue weighted by Crippen LogP contribution is -2.50. The van der Waals surface area contributed by atoms with Crippen LogP contribution in [0.2, 0.25) is 0 Å². The second-order valence-corrected chi connectivity index (χ2v) is 9.66. The smallest absolute Gasteiger partial charge is 0.274 e. The predicted molar refractivity (Wildman–Crippen MR) is 123 cm³/mol. The quantitative estimate of drug-likeness (QED) is 0.235. The number of nitrogens with zero attached hydrogens (tertiary/aromatic N) is 2.